The summed E-state index contributed by atoms with van der Waals surface area (Å²) >= 11 is 3.43. The van der Waals surface area contributed by atoms with E-state index in [0.29, 0.717) is 18.8 Å². The van der Waals surface area contributed by atoms with E-state index in [-0.39, 0.29) is 5.91 Å². The van der Waals surface area contributed by atoms with Crippen LogP contribution in [0.2, 0.25) is 0 Å². The summed E-state index contributed by atoms with van der Waals surface area (Å²) in [5.74, 6) is -0.116. The molecule has 2 aliphatic rings. The molecule has 7 heteroatoms. The first kappa shape index (κ1) is 19.2. The molecule has 28 heavy (non-hydrogen) atoms. The largest absolute Gasteiger partial charge is 0.378 e. The van der Waals surface area contributed by atoms with E-state index in [1.54, 1.807) is 0 Å². The highest BCUT2D eigenvalue weighted by atomic mass is 79.9. The minimum atomic E-state index is -0.116. The van der Waals surface area contributed by atoms with Gasteiger partial charge in [-0.05, 0) is 36.4 Å². The van der Waals surface area contributed by atoms with Gasteiger partial charge in [0, 0.05) is 41.9 Å². The number of hydrogen-bond acceptors (Lipinski definition) is 5. The van der Waals surface area contributed by atoms with Crippen LogP contribution in [0.5, 0.6) is 0 Å². The van der Waals surface area contributed by atoms with Gasteiger partial charge in [-0.1, -0.05) is 22.0 Å². The van der Waals surface area contributed by atoms with Crippen molar-refractivity contribution in [1.29, 1.82) is 0 Å². The number of benzene rings is 2. The molecule has 2 saturated heterocycles. The van der Waals surface area contributed by atoms with Crippen molar-refractivity contribution in [1.82, 2.24) is 0 Å². The molecule has 0 aliphatic carbocycles. The summed E-state index contributed by atoms with van der Waals surface area (Å²) in [6.07, 6.45) is 0. The predicted octanol–water partition coefficient (Wildman–Crippen LogP) is 3.37. The minimum absolute atomic E-state index is 0.116. The highest BCUT2D eigenvalue weighted by Crippen LogP contribution is 2.32. The molecule has 0 saturated carbocycles. The van der Waals surface area contributed by atoms with Gasteiger partial charge < -0.3 is 24.6 Å². The molecule has 2 aliphatic heterocycles. The second-order valence-electron chi connectivity index (χ2n) is 6.86. The topological polar surface area (TPSA) is 54.0 Å². The van der Waals surface area contributed by atoms with E-state index < -0.39 is 0 Å². The molecular formula is C21H24BrN3O3. The normalized spacial score (nSPS) is 17.5. The zero-order chi connectivity index (χ0) is 19.3. The summed E-state index contributed by atoms with van der Waals surface area (Å²) in [6, 6.07) is 13.7. The van der Waals surface area contributed by atoms with Gasteiger partial charge in [-0.25, -0.2) is 0 Å². The molecule has 0 atom stereocenters. The number of anilines is 3. The van der Waals surface area contributed by atoms with Crippen LogP contribution in [0, 0.1) is 0 Å². The van der Waals surface area contributed by atoms with Crippen molar-refractivity contribution in [3.8, 4) is 0 Å². The molecule has 0 bridgehead atoms. The first-order valence-corrected chi connectivity index (χ1v) is 10.4. The zero-order valence-electron chi connectivity index (χ0n) is 15.7. The first-order valence-electron chi connectivity index (χ1n) is 9.57. The maximum atomic E-state index is 12.8. The molecule has 2 aromatic rings. The maximum Gasteiger partial charge on any atom is 0.255 e. The molecule has 4 rings (SSSR count). The third kappa shape index (κ3) is 4.48. The number of carbonyl (C=O) groups is 1. The van der Waals surface area contributed by atoms with Crippen molar-refractivity contribution >= 4 is 38.9 Å². The van der Waals surface area contributed by atoms with E-state index in [4.69, 9.17) is 9.47 Å². The summed E-state index contributed by atoms with van der Waals surface area (Å²) < 4.78 is 11.9. The summed E-state index contributed by atoms with van der Waals surface area (Å²) in [4.78, 5) is 17.4. The number of morpholine rings is 2. The van der Waals surface area contributed by atoms with E-state index in [2.05, 4.69) is 43.2 Å². The third-order valence-corrected chi connectivity index (χ3v) is 5.54. The van der Waals surface area contributed by atoms with Crippen LogP contribution in [-0.4, -0.2) is 58.5 Å². The molecule has 2 aromatic carbocycles. The number of nitrogens with zero attached hydrogens (tertiary/aromatic N) is 2. The van der Waals surface area contributed by atoms with Crippen molar-refractivity contribution < 1.29 is 14.3 Å². The number of ether oxygens (including phenoxy) is 2. The van der Waals surface area contributed by atoms with Gasteiger partial charge >= 0.3 is 0 Å². The maximum absolute atomic E-state index is 12.8. The lowest BCUT2D eigenvalue weighted by atomic mass is 10.1. The number of hydrogen-bond donors (Lipinski definition) is 1. The van der Waals surface area contributed by atoms with Crippen LogP contribution in [0.4, 0.5) is 17.1 Å². The summed E-state index contributed by atoms with van der Waals surface area (Å²) in [6.45, 7) is 6.27. The molecule has 0 spiro atoms. The SMILES string of the molecule is O=C(Nc1ccc(N2CCOCC2)cc1N1CCOCC1)c1cccc(Br)c1. The van der Waals surface area contributed by atoms with Crippen LogP contribution in [0.25, 0.3) is 0 Å². The monoisotopic (exact) mass is 445 g/mol. The van der Waals surface area contributed by atoms with Gasteiger partial charge in [0.15, 0.2) is 0 Å². The van der Waals surface area contributed by atoms with Crippen LogP contribution in [0.1, 0.15) is 10.4 Å². The Balaban J connectivity index is 1.62. The molecule has 1 amide bonds. The molecule has 1 N–H and O–H groups in total. The Kier molecular flexibility index (Phi) is 6.14. The number of amides is 1. The second-order valence-corrected chi connectivity index (χ2v) is 7.78. The van der Waals surface area contributed by atoms with Gasteiger partial charge in [0.05, 0.1) is 37.8 Å². The summed E-state index contributed by atoms with van der Waals surface area (Å²) in [5, 5.41) is 3.10. The van der Waals surface area contributed by atoms with Gasteiger partial charge in [-0.15, -0.1) is 0 Å². The Hall–Kier alpha value is -2.09. The number of rotatable bonds is 4. The van der Waals surface area contributed by atoms with Gasteiger partial charge in [0.25, 0.3) is 5.91 Å². The molecule has 148 valence electrons. The lowest BCUT2D eigenvalue weighted by Crippen LogP contribution is -2.38. The van der Waals surface area contributed by atoms with E-state index >= 15 is 0 Å². The fourth-order valence-corrected chi connectivity index (χ4v) is 3.93. The predicted molar refractivity (Wildman–Crippen MR) is 115 cm³/mol. The third-order valence-electron chi connectivity index (χ3n) is 5.04. The van der Waals surface area contributed by atoms with E-state index in [1.807, 2.05) is 30.3 Å². The average Bonchev–Trinajstić information content (AvgIpc) is 2.75. The Morgan fingerprint density at radius 2 is 1.57 bits per heavy atom. The quantitative estimate of drug-likeness (QED) is 0.781. The van der Waals surface area contributed by atoms with E-state index in [9.17, 15) is 4.79 Å². The molecule has 2 heterocycles. The Bertz CT molecular complexity index is 833. The van der Waals surface area contributed by atoms with Crippen molar-refractivity contribution in [3.05, 3.63) is 52.5 Å². The van der Waals surface area contributed by atoms with Crippen LogP contribution >= 0.6 is 15.9 Å². The average molecular weight is 446 g/mol. The van der Waals surface area contributed by atoms with Gasteiger partial charge in [0.2, 0.25) is 0 Å². The van der Waals surface area contributed by atoms with Crippen LogP contribution in [0.3, 0.4) is 0 Å². The van der Waals surface area contributed by atoms with E-state index in [0.717, 1.165) is 60.9 Å². The van der Waals surface area contributed by atoms with Crippen molar-refractivity contribution in [2.24, 2.45) is 0 Å². The molecular weight excluding hydrogens is 422 g/mol. The summed E-state index contributed by atoms with van der Waals surface area (Å²) in [7, 11) is 0. The van der Waals surface area contributed by atoms with Crippen molar-refractivity contribution in [2.75, 3.05) is 67.7 Å². The highest BCUT2D eigenvalue weighted by molar-refractivity contribution is 9.10. The molecule has 0 aromatic heterocycles. The standard InChI is InChI=1S/C21H24BrN3O3/c22-17-3-1-2-16(14-17)21(26)23-19-5-4-18(24-6-10-27-11-7-24)15-20(19)25-8-12-28-13-9-25/h1-5,14-15H,6-13H2,(H,23,26). The minimum Gasteiger partial charge on any atom is -0.378 e. The highest BCUT2D eigenvalue weighted by Gasteiger charge is 2.20. The van der Waals surface area contributed by atoms with E-state index in [1.165, 1.54) is 0 Å². The fraction of sp³-hybridized carbons (Fsp3) is 0.381. The number of carbonyl (C=O) groups excluding carboxylic acids is 1. The smallest absolute Gasteiger partial charge is 0.255 e. The molecule has 6 nitrogen and oxygen atoms in total. The van der Waals surface area contributed by atoms with Crippen molar-refractivity contribution in [3.63, 3.8) is 0 Å². The summed E-state index contributed by atoms with van der Waals surface area (Å²) in [5.41, 5.74) is 3.64. The van der Waals surface area contributed by atoms with Crippen LogP contribution in [0.15, 0.2) is 46.9 Å². The lowest BCUT2D eigenvalue weighted by Gasteiger charge is -2.33. The zero-order valence-corrected chi connectivity index (χ0v) is 17.3. The van der Waals surface area contributed by atoms with Gasteiger partial charge in [0.1, 0.15) is 0 Å². The number of halogens is 1. The first-order chi connectivity index (χ1) is 13.7. The van der Waals surface area contributed by atoms with Crippen molar-refractivity contribution in [2.45, 2.75) is 0 Å². The molecule has 0 radical (unpaired) electrons. The van der Waals surface area contributed by atoms with Gasteiger partial charge in [-0.3, -0.25) is 4.79 Å². The Morgan fingerprint density at radius 1 is 0.893 bits per heavy atom. The second kappa shape index (κ2) is 8.94. The Morgan fingerprint density at radius 3 is 2.25 bits per heavy atom. The fourth-order valence-electron chi connectivity index (χ4n) is 3.53. The van der Waals surface area contributed by atoms with Gasteiger partial charge in [-0.2, -0.15) is 0 Å². The molecule has 0 unspecified atom stereocenters. The molecule has 2 fully saturated rings. The van der Waals surface area contributed by atoms with Crippen LogP contribution < -0.4 is 15.1 Å². The van der Waals surface area contributed by atoms with Crippen LogP contribution in [-0.2, 0) is 9.47 Å². The lowest BCUT2D eigenvalue weighted by molar-refractivity contribution is 0.102. The number of nitrogens with one attached hydrogen (secondary N) is 1. The Labute approximate surface area is 173 Å².